The first-order chi connectivity index (χ1) is 10.3. The van der Waals surface area contributed by atoms with Crippen molar-refractivity contribution in [2.75, 3.05) is 26.9 Å². The molecule has 1 aromatic carbocycles. The van der Waals surface area contributed by atoms with E-state index in [2.05, 4.69) is 5.32 Å². The van der Waals surface area contributed by atoms with Crippen molar-refractivity contribution in [3.05, 3.63) is 22.7 Å². The Morgan fingerprint density at radius 1 is 1.33 bits per heavy atom. The largest absolute Gasteiger partial charge is 0.493 e. The zero-order valence-electron chi connectivity index (χ0n) is 12.4. The molecule has 0 amide bonds. The summed E-state index contributed by atoms with van der Waals surface area (Å²) >= 11 is 6.37. The van der Waals surface area contributed by atoms with Gasteiger partial charge in [0, 0.05) is 25.1 Å². The van der Waals surface area contributed by atoms with Crippen molar-refractivity contribution < 1.29 is 14.2 Å². The van der Waals surface area contributed by atoms with Crippen LogP contribution in [0.15, 0.2) is 12.1 Å². The molecule has 1 atom stereocenters. The monoisotopic (exact) mass is 311 g/mol. The number of benzene rings is 1. The molecule has 3 rings (SSSR count). The molecule has 0 spiro atoms. The summed E-state index contributed by atoms with van der Waals surface area (Å²) in [6.45, 7) is 3.03. The number of hydrogen-bond donors (Lipinski definition) is 1. The van der Waals surface area contributed by atoms with Crippen LogP contribution in [0.3, 0.4) is 0 Å². The smallest absolute Gasteiger partial charge is 0.179 e. The lowest BCUT2D eigenvalue weighted by atomic mass is 10.1. The van der Waals surface area contributed by atoms with E-state index in [9.17, 15) is 0 Å². The Bertz CT molecular complexity index is 485. The van der Waals surface area contributed by atoms with Gasteiger partial charge in [-0.2, -0.15) is 0 Å². The Balaban J connectivity index is 1.65. The zero-order chi connectivity index (χ0) is 14.7. The molecule has 1 unspecified atom stereocenters. The molecule has 0 radical (unpaired) electrons. The van der Waals surface area contributed by atoms with Gasteiger partial charge in [-0.05, 0) is 37.0 Å². The minimum absolute atomic E-state index is 0.446. The molecule has 5 heteroatoms. The number of ether oxygens (including phenoxy) is 3. The molecular formula is C16H22ClNO3. The molecule has 0 bridgehead atoms. The van der Waals surface area contributed by atoms with Gasteiger partial charge in [0.1, 0.15) is 0 Å². The normalized spacial score (nSPS) is 21.5. The van der Waals surface area contributed by atoms with Gasteiger partial charge in [-0.3, -0.25) is 0 Å². The van der Waals surface area contributed by atoms with Crippen LogP contribution in [0.5, 0.6) is 11.5 Å². The summed E-state index contributed by atoms with van der Waals surface area (Å²) in [6.07, 6.45) is 3.59. The third-order valence-electron chi connectivity index (χ3n) is 3.95. The standard InChI is InChI=1S/C16H22ClNO3/c1-19-15-7-12(8-18-13-2-3-13)6-14(17)16(15)21-10-11-4-5-20-9-11/h6-7,11,13,18H,2-5,8-10H2,1H3. The lowest BCUT2D eigenvalue weighted by Gasteiger charge is -2.16. The van der Waals surface area contributed by atoms with E-state index in [4.69, 9.17) is 25.8 Å². The van der Waals surface area contributed by atoms with Crippen LogP contribution in [0.1, 0.15) is 24.8 Å². The maximum Gasteiger partial charge on any atom is 0.179 e. The van der Waals surface area contributed by atoms with E-state index in [1.54, 1.807) is 7.11 Å². The number of methoxy groups -OCH3 is 1. The number of rotatable bonds is 7. The van der Waals surface area contributed by atoms with Gasteiger partial charge in [-0.25, -0.2) is 0 Å². The quantitative estimate of drug-likeness (QED) is 0.840. The highest BCUT2D eigenvalue weighted by atomic mass is 35.5. The van der Waals surface area contributed by atoms with Crippen molar-refractivity contribution in [3.63, 3.8) is 0 Å². The summed E-state index contributed by atoms with van der Waals surface area (Å²) in [6, 6.07) is 4.63. The second kappa shape index (κ2) is 6.86. The van der Waals surface area contributed by atoms with Crippen LogP contribution >= 0.6 is 11.6 Å². The molecule has 2 fully saturated rings. The summed E-state index contributed by atoms with van der Waals surface area (Å²) in [5, 5.41) is 4.09. The molecule has 116 valence electrons. The van der Waals surface area contributed by atoms with Crippen LogP contribution in [0.25, 0.3) is 0 Å². The van der Waals surface area contributed by atoms with Gasteiger partial charge in [-0.15, -0.1) is 0 Å². The highest BCUT2D eigenvalue weighted by molar-refractivity contribution is 6.32. The molecule has 2 aliphatic rings. The topological polar surface area (TPSA) is 39.7 Å². The van der Waals surface area contributed by atoms with Gasteiger partial charge in [0.25, 0.3) is 0 Å². The van der Waals surface area contributed by atoms with Gasteiger partial charge in [0.15, 0.2) is 11.5 Å². The van der Waals surface area contributed by atoms with Crippen LogP contribution < -0.4 is 14.8 Å². The minimum Gasteiger partial charge on any atom is -0.493 e. The Morgan fingerprint density at radius 2 is 2.19 bits per heavy atom. The highest BCUT2D eigenvalue weighted by Crippen LogP contribution is 2.37. The predicted octanol–water partition coefficient (Wildman–Crippen LogP) is 3.02. The number of halogens is 1. The van der Waals surface area contributed by atoms with Crippen molar-refractivity contribution in [2.45, 2.75) is 31.8 Å². The Labute approximate surface area is 130 Å². The van der Waals surface area contributed by atoms with E-state index < -0.39 is 0 Å². The summed E-state index contributed by atoms with van der Waals surface area (Å²) in [5.41, 5.74) is 1.13. The SMILES string of the molecule is COc1cc(CNC2CC2)cc(Cl)c1OCC1CCOC1. The summed E-state index contributed by atoms with van der Waals surface area (Å²) in [7, 11) is 1.65. The Morgan fingerprint density at radius 3 is 2.86 bits per heavy atom. The highest BCUT2D eigenvalue weighted by Gasteiger charge is 2.21. The van der Waals surface area contributed by atoms with Crippen molar-refractivity contribution in [1.29, 1.82) is 0 Å². The zero-order valence-corrected chi connectivity index (χ0v) is 13.1. The predicted molar refractivity (Wildman–Crippen MR) is 82.3 cm³/mol. The summed E-state index contributed by atoms with van der Waals surface area (Å²) < 4.78 is 16.7. The molecule has 4 nitrogen and oxygen atoms in total. The molecule has 21 heavy (non-hydrogen) atoms. The van der Waals surface area contributed by atoms with Gasteiger partial charge >= 0.3 is 0 Å². The third-order valence-corrected chi connectivity index (χ3v) is 4.23. The van der Waals surface area contributed by atoms with E-state index in [-0.39, 0.29) is 0 Å². The summed E-state index contributed by atoms with van der Waals surface area (Å²) in [4.78, 5) is 0. The second-order valence-electron chi connectivity index (χ2n) is 5.80. The second-order valence-corrected chi connectivity index (χ2v) is 6.21. The lowest BCUT2D eigenvalue weighted by molar-refractivity contribution is 0.165. The van der Waals surface area contributed by atoms with Crippen LogP contribution in [0.2, 0.25) is 5.02 Å². The maximum absolute atomic E-state index is 6.37. The van der Waals surface area contributed by atoms with Gasteiger partial charge < -0.3 is 19.5 Å². The first kappa shape index (κ1) is 14.9. The first-order valence-corrected chi connectivity index (χ1v) is 7.94. The maximum atomic E-state index is 6.37. The van der Waals surface area contributed by atoms with Crippen LogP contribution in [-0.2, 0) is 11.3 Å². The molecule has 1 heterocycles. The third kappa shape index (κ3) is 4.02. The fourth-order valence-corrected chi connectivity index (χ4v) is 2.77. The average Bonchev–Trinajstić information content (AvgIpc) is 3.17. The molecule has 0 aromatic heterocycles. The Hall–Kier alpha value is -0.970. The molecule has 1 aliphatic carbocycles. The number of hydrogen-bond acceptors (Lipinski definition) is 4. The first-order valence-electron chi connectivity index (χ1n) is 7.56. The molecule has 1 saturated heterocycles. The number of nitrogens with one attached hydrogen (secondary N) is 1. The van der Waals surface area contributed by atoms with Crippen LogP contribution in [-0.4, -0.2) is 33.0 Å². The van der Waals surface area contributed by atoms with Crippen molar-refractivity contribution in [1.82, 2.24) is 5.32 Å². The van der Waals surface area contributed by atoms with Crippen molar-refractivity contribution >= 4 is 11.6 Å². The molecule has 1 saturated carbocycles. The lowest BCUT2D eigenvalue weighted by Crippen LogP contribution is -2.16. The van der Waals surface area contributed by atoms with E-state index in [0.717, 1.165) is 31.7 Å². The summed E-state index contributed by atoms with van der Waals surface area (Å²) in [5.74, 6) is 1.79. The van der Waals surface area contributed by atoms with Crippen molar-refractivity contribution in [2.24, 2.45) is 5.92 Å². The molecular weight excluding hydrogens is 290 g/mol. The van der Waals surface area contributed by atoms with Crippen LogP contribution in [0.4, 0.5) is 0 Å². The Kier molecular flexibility index (Phi) is 4.88. The molecule has 1 N–H and O–H groups in total. The van der Waals surface area contributed by atoms with Gasteiger partial charge in [-0.1, -0.05) is 11.6 Å². The van der Waals surface area contributed by atoms with Crippen molar-refractivity contribution in [3.8, 4) is 11.5 Å². The van der Waals surface area contributed by atoms with Gasteiger partial charge in [0.05, 0.1) is 25.3 Å². The van der Waals surface area contributed by atoms with Crippen LogP contribution in [0, 0.1) is 5.92 Å². The minimum atomic E-state index is 0.446. The molecule has 1 aromatic rings. The van der Waals surface area contributed by atoms with Gasteiger partial charge in [0.2, 0.25) is 0 Å². The van der Waals surface area contributed by atoms with E-state index in [0.29, 0.717) is 35.1 Å². The van der Waals surface area contributed by atoms with E-state index in [1.807, 2.05) is 12.1 Å². The average molecular weight is 312 g/mol. The van der Waals surface area contributed by atoms with E-state index >= 15 is 0 Å². The molecule has 1 aliphatic heterocycles. The fraction of sp³-hybridized carbons (Fsp3) is 0.625. The fourth-order valence-electron chi connectivity index (χ4n) is 2.48. The van der Waals surface area contributed by atoms with E-state index in [1.165, 1.54) is 12.8 Å².